The molecule has 0 bridgehead atoms. The second kappa shape index (κ2) is 6.81. The molecule has 6 heteroatoms. The highest BCUT2D eigenvalue weighted by Gasteiger charge is 2.31. The molecule has 0 unspecified atom stereocenters. The summed E-state index contributed by atoms with van der Waals surface area (Å²) in [5.74, 6) is 0.411. The molecule has 1 aliphatic rings. The fourth-order valence-electron chi connectivity index (χ4n) is 3.04. The third-order valence-electron chi connectivity index (χ3n) is 4.08. The van der Waals surface area contributed by atoms with E-state index in [4.69, 9.17) is 4.74 Å². The van der Waals surface area contributed by atoms with Crippen molar-refractivity contribution in [3.8, 4) is 5.88 Å². The fraction of sp³-hybridized carbons (Fsp3) is 0.471. The summed E-state index contributed by atoms with van der Waals surface area (Å²) >= 11 is 0. The first kappa shape index (κ1) is 15.5. The SMILES string of the molecule is CCOc1ncccc1C(=O)N1CCC[C@@H]1Cn1cc(C)cn1. The van der Waals surface area contributed by atoms with E-state index in [1.807, 2.05) is 35.8 Å². The summed E-state index contributed by atoms with van der Waals surface area (Å²) < 4.78 is 7.41. The van der Waals surface area contributed by atoms with Crippen LogP contribution in [0.3, 0.4) is 0 Å². The Balaban J connectivity index is 1.78. The van der Waals surface area contributed by atoms with Crippen LogP contribution in [0.25, 0.3) is 0 Å². The molecule has 0 radical (unpaired) electrons. The topological polar surface area (TPSA) is 60.2 Å². The number of aryl methyl sites for hydroxylation is 1. The number of ether oxygens (including phenoxy) is 1. The van der Waals surface area contributed by atoms with Crippen molar-refractivity contribution in [1.29, 1.82) is 0 Å². The van der Waals surface area contributed by atoms with Gasteiger partial charge in [-0.2, -0.15) is 5.10 Å². The molecule has 6 nitrogen and oxygen atoms in total. The van der Waals surface area contributed by atoms with E-state index in [1.165, 1.54) is 0 Å². The molecular weight excluding hydrogens is 292 g/mol. The molecular formula is C17H22N4O2. The first-order chi connectivity index (χ1) is 11.2. The summed E-state index contributed by atoms with van der Waals surface area (Å²) in [6.07, 6.45) is 7.51. The van der Waals surface area contributed by atoms with Gasteiger partial charge in [0.2, 0.25) is 5.88 Å². The van der Waals surface area contributed by atoms with Crippen LogP contribution in [0.4, 0.5) is 0 Å². The number of hydrogen-bond acceptors (Lipinski definition) is 4. The largest absolute Gasteiger partial charge is 0.477 e. The van der Waals surface area contributed by atoms with Crippen molar-refractivity contribution >= 4 is 5.91 Å². The van der Waals surface area contributed by atoms with Crippen LogP contribution in [0, 0.1) is 6.92 Å². The lowest BCUT2D eigenvalue weighted by atomic mass is 10.2. The third kappa shape index (κ3) is 3.36. The molecule has 0 saturated carbocycles. The molecule has 0 N–H and O–H groups in total. The third-order valence-corrected chi connectivity index (χ3v) is 4.08. The molecule has 0 aliphatic carbocycles. The molecule has 0 spiro atoms. The molecule has 2 aromatic heterocycles. The standard InChI is InChI=1S/C17H22N4O2/c1-3-23-16-15(7-4-8-18-16)17(22)21-9-5-6-14(21)12-20-11-13(2)10-19-20/h4,7-8,10-11,14H,3,5-6,9,12H2,1-2H3/t14-/m1/s1. The van der Waals surface area contributed by atoms with Crippen molar-refractivity contribution in [3.05, 3.63) is 41.9 Å². The van der Waals surface area contributed by atoms with E-state index in [0.29, 0.717) is 18.1 Å². The Kier molecular flexibility index (Phi) is 4.60. The molecule has 3 rings (SSSR count). The van der Waals surface area contributed by atoms with Crippen LogP contribution in [0.5, 0.6) is 5.88 Å². The van der Waals surface area contributed by atoms with Crippen molar-refractivity contribution in [2.75, 3.05) is 13.2 Å². The molecule has 1 saturated heterocycles. The monoisotopic (exact) mass is 314 g/mol. The van der Waals surface area contributed by atoms with Gasteiger partial charge in [0.15, 0.2) is 0 Å². The van der Waals surface area contributed by atoms with Crippen LogP contribution in [-0.4, -0.2) is 44.8 Å². The first-order valence-corrected chi connectivity index (χ1v) is 8.07. The van der Waals surface area contributed by atoms with Gasteiger partial charge in [-0.25, -0.2) is 4.98 Å². The van der Waals surface area contributed by atoms with Crippen molar-refractivity contribution < 1.29 is 9.53 Å². The van der Waals surface area contributed by atoms with Crippen LogP contribution < -0.4 is 4.74 Å². The highest BCUT2D eigenvalue weighted by Crippen LogP contribution is 2.24. The molecule has 1 amide bonds. The van der Waals surface area contributed by atoms with Gasteiger partial charge in [-0.3, -0.25) is 9.48 Å². The molecule has 1 atom stereocenters. The van der Waals surface area contributed by atoms with E-state index in [9.17, 15) is 4.79 Å². The number of amides is 1. The van der Waals surface area contributed by atoms with Crippen molar-refractivity contribution in [2.24, 2.45) is 0 Å². The van der Waals surface area contributed by atoms with Gasteiger partial charge >= 0.3 is 0 Å². The summed E-state index contributed by atoms with van der Waals surface area (Å²) in [7, 11) is 0. The number of aromatic nitrogens is 3. The zero-order valence-electron chi connectivity index (χ0n) is 13.6. The second-order valence-electron chi connectivity index (χ2n) is 5.82. The zero-order chi connectivity index (χ0) is 16.2. The van der Waals surface area contributed by atoms with Gasteiger partial charge in [-0.1, -0.05) is 0 Å². The highest BCUT2D eigenvalue weighted by molar-refractivity contribution is 5.96. The zero-order valence-corrected chi connectivity index (χ0v) is 13.6. The number of nitrogens with zero attached hydrogens (tertiary/aromatic N) is 4. The van der Waals surface area contributed by atoms with E-state index in [-0.39, 0.29) is 11.9 Å². The number of likely N-dealkylation sites (tertiary alicyclic amines) is 1. The Morgan fingerprint density at radius 1 is 1.48 bits per heavy atom. The van der Waals surface area contributed by atoms with Crippen LogP contribution in [-0.2, 0) is 6.54 Å². The number of hydrogen-bond donors (Lipinski definition) is 0. The van der Waals surface area contributed by atoms with Crippen LogP contribution in [0.1, 0.15) is 35.7 Å². The van der Waals surface area contributed by atoms with Crippen LogP contribution in [0.15, 0.2) is 30.7 Å². The Bertz CT molecular complexity index is 683. The lowest BCUT2D eigenvalue weighted by Crippen LogP contribution is -2.38. The number of rotatable bonds is 5. The van der Waals surface area contributed by atoms with E-state index >= 15 is 0 Å². The van der Waals surface area contributed by atoms with E-state index in [0.717, 1.165) is 31.5 Å². The van der Waals surface area contributed by atoms with Gasteiger partial charge in [0.25, 0.3) is 5.91 Å². The fourth-order valence-corrected chi connectivity index (χ4v) is 3.04. The Labute approximate surface area is 136 Å². The van der Waals surface area contributed by atoms with Gasteiger partial charge in [0.05, 0.1) is 25.4 Å². The molecule has 3 heterocycles. The maximum Gasteiger partial charge on any atom is 0.259 e. The van der Waals surface area contributed by atoms with E-state index in [1.54, 1.807) is 18.3 Å². The normalized spacial score (nSPS) is 17.5. The van der Waals surface area contributed by atoms with Crippen LogP contribution in [0.2, 0.25) is 0 Å². The van der Waals surface area contributed by atoms with Crippen molar-refractivity contribution in [2.45, 2.75) is 39.3 Å². The minimum absolute atomic E-state index is 0.00655. The maximum atomic E-state index is 12.9. The summed E-state index contributed by atoms with van der Waals surface area (Å²) in [6, 6.07) is 3.72. The lowest BCUT2D eigenvalue weighted by Gasteiger charge is -2.25. The lowest BCUT2D eigenvalue weighted by molar-refractivity contribution is 0.0716. The van der Waals surface area contributed by atoms with Crippen molar-refractivity contribution in [3.63, 3.8) is 0 Å². The van der Waals surface area contributed by atoms with Crippen molar-refractivity contribution in [1.82, 2.24) is 19.7 Å². The van der Waals surface area contributed by atoms with Gasteiger partial charge in [-0.15, -0.1) is 0 Å². The summed E-state index contributed by atoms with van der Waals surface area (Å²) in [5, 5.41) is 4.33. The maximum absolute atomic E-state index is 12.9. The Hall–Kier alpha value is -2.37. The average molecular weight is 314 g/mol. The van der Waals surface area contributed by atoms with E-state index < -0.39 is 0 Å². The summed E-state index contributed by atoms with van der Waals surface area (Å²) in [4.78, 5) is 19.0. The van der Waals surface area contributed by atoms with Gasteiger partial charge in [-0.05, 0) is 44.4 Å². The predicted octanol–water partition coefficient (Wildman–Crippen LogP) is 2.29. The summed E-state index contributed by atoms with van der Waals surface area (Å²) in [5.41, 5.74) is 1.67. The number of carbonyl (C=O) groups excluding carboxylic acids is 1. The quantitative estimate of drug-likeness (QED) is 0.849. The minimum Gasteiger partial charge on any atom is -0.477 e. The summed E-state index contributed by atoms with van der Waals surface area (Å²) in [6.45, 7) is 5.90. The highest BCUT2D eigenvalue weighted by atomic mass is 16.5. The van der Waals surface area contributed by atoms with Gasteiger partial charge in [0.1, 0.15) is 5.56 Å². The Morgan fingerprint density at radius 3 is 3.09 bits per heavy atom. The molecule has 2 aromatic rings. The average Bonchev–Trinajstić information content (AvgIpc) is 3.17. The van der Waals surface area contributed by atoms with Gasteiger partial charge in [0, 0.05) is 18.9 Å². The second-order valence-corrected chi connectivity index (χ2v) is 5.82. The molecule has 1 fully saturated rings. The smallest absolute Gasteiger partial charge is 0.259 e. The van der Waals surface area contributed by atoms with Gasteiger partial charge < -0.3 is 9.64 Å². The number of pyridine rings is 1. The Morgan fingerprint density at radius 2 is 2.35 bits per heavy atom. The molecule has 23 heavy (non-hydrogen) atoms. The van der Waals surface area contributed by atoms with E-state index in [2.05, 4.69) is 10.1 Å². The molecule has 1 aliphatic heterocycles. The molecule has 0 aromatic carbocycles. The number of carbonyl (C=O) groups is 1. The minimum atomic E-state index is -0.00655. The first-order valence-electron chi connectivity index (χ1n) is 8.07. The van der Waals surface area contributed by atoms with Crippen LogP contribution >= 0.6 is 0 Å². The molecule has 122 valence electrons. The predicted molar refractivity (Wildman–Crippen MR) is 86.4 cm³/mol.